The molecule has 0 spiro atoms. The summed E-state index contributed by atoms with van der Waals surface area (Å²) in [6.45, 7) is 0.818. The van der Waals surface area contributed by atoms with Crippen molar-refractivity contribution in [3.63, 3.8) is 0 Å². The third-order valence-electron chi connectivity index (χ3n) is 2.74. The largest absolute Gasteiger partial charge is 0.484 e. The predicted molar refractivity (Wildman–Crippen MR) is 73.6 cm³/mol. The van der Waals surface area contributed by atoms with E-state index in [0.29, 0.717) is 6.54 Å². The summed E-state index contributed by atoms with van der Waals surface area (Å²) in [6.07, 6.45) is 0.998. The second-order valence-electron chi connectivity index (χ2n) is 4.62. The average Bonchev–Trinajstić information content (AvgIpc) is 2.81. The zero-order chi connectivity index (χ0) is 15.5. The van der Waals surface area contributed by atoms with Crippen molar-refractivity contribution in [3.05, 3.63) is 41.8 Å². The lowest BCUT2D eigenvalue weighted by Gasteiger charge is -2.09. The number of sulfone groups is 1. The summed E-state index contributed by atoms with van der Waals surface area (Å²) in [7, 11) is -0.279. The van der Waals surface area contributed by atoms with E-state index in [2.05, 4.69) is 4.52 Å². The topological polar surface area (TPSA) is 86.7 Å². The van der Waals surface area contributed by atoms with Crippen LogP contribution in [-0.2, 0) is 9.84 Å². The highest BCUT2D eigenvalue weighted by atomic mass is 32.2. The Morgan fingerprint density at radius 3 is 2.57 bits per heavy atom. The van der Waals surface area contributed by atoms with E-state index in [4.69, 9.17) is 4.74 Å². The van der Waals surface area contributed by atoms with Crippen LogP contribution in [0.5, 0.6) is 5.75 Å². The Labute approximate surface area is 122 Å². The molecule has 0 radical (unpaired) electrons. The fourth-order valence-electron chi connectivity index (χ4n) is 1.66. The average molecular weight is 312 g/mol. The second kappa shape index (κ2) is 6.15. The highest BCUT2D eigenvalue weighted by Crippen LogP contribution is 2.26. The van der Waals surface area contributed by atoms with Crippen LogP contribution in [0.2, 0.25) is 0 Å². The first-order chi connectivity index (χ1) is 9.93. The quantitative estimate of drug-likeness (QED) is 0.729. The Balaban J connectivity index is 2.33. The van der Waals surface area contributed by atoms with Gasteiger partial charge in [0.2, 0.25) is 5.75 Å². The van der Waals surface area contributed by atoms with Crippen LogP contribution in [0, 0.1) is 5.21 Å². The molecule has 1 aromatic carbocycles. The van der Waals surface area contributed by atoms with Crippen LogP contribution in [0.3, 0.4) is 0 Å². The number of ether oxygens (including phenoxy) is 1. The van der Waals surface area contributed by atoms with Crippen LogP contribution in [0.15, 0.2) is 51.0 Å². The van der Waals surface area contributed by atoms with Crippen LogP contribution in [-0.4, -0.2) is 40.6 Å². The van der Waals surface area contributed by atoms with E-state index >= 15 is 0 Å². The Hall–Kier alpha value is -2.06. The third-order valence-corrected chi connectivity index (χ3v) is 4.49. The molecule has 1 heterocycles. The summed E-state index contributed by atoms with van der Waals surface area (Å²) >= 11 is 0. The molecule has 8 heteroatoms. The highest BCUT2D eigenvalue weighted by Gasteiger charge is 2.35. The van der Waals surface area contributed by atoms with Crippen molar-refractivity contribution in [2.24, 2.45) is 0 Å². The molecule has 21 heavy (non-hydrogen) atoms. The minimum atomic E-state index is -3.99. The second-order valence-corrected chi connectivity index (χ2v) is 6.48. The third kappa shape index (κ3) is 3.34. The molecule has 0 saturated heterocycles. The molecule has 1 aromatic heterocycles. The summed E-state index contributed by atoms with van der Waals surface area (Å²) in [6, 6.07) is 7.66. The van der Waals surface area contributed by atoms with E-state index in [1.54, 1.807) is 18.2 Å². The standard InChI is InChI=1S/C13H16N2O5S/c1-14(2)8-9-19-12-10-20-15(16)13(12)21(17,18)11-6-4-3-5-7-11/h3-7,10H,8-9H2,1-2H3. The number of aromatic nitrogens is 1. The summed E-state index contributed by atoms with van der Waals surface area (Å²) in [4.78, 5) is 1.83. The predicted octanol–water partition coefficient (Wildman–Crippen LogP) is 0.686. The molecular weight excluding hydrogens is 296 g/mol. The van der Waals surface area contributed by atoms with E-state index in [-0.39, 0.29) is 22.2 Å². The lowest BCUT2D eigenvalue weighted by atomic mass is 10.4. The first kappa shape index (κ1) is 15.3. The minimum absolute atomic E-state index is 0.00783. The van der Waals surface area contributed by atoms with Crippen molar-refractivity contribution in [2.75, 3.05) is 27.2 Å². The Morgan fingerprint density at radius 2 is 1.95 bits per heavy atom. The van der Waals surface area contributed by atoms with Gasteiger partial charge in [-0.25, -0.2) is 8.42 Å². The number of benzene rings is 1. The van der Waals surface area contributed by atoms with Gasteiger partial charge in [-0.15, -0.1) is 0 Å². The maximum Gasteiger partial charge on any atom is 0.405 e. The molecule has 0 aliphatic carbocycles. The normalized spacial score (nSPS) is 11.8. The molecule has 7 nitrogen and oxygen atoms in total. The van der Waals surface area contributed by atoms with Crippen molar-refractivity contribution in [2.45, 2.75) is 9.92 Å². The molecule has 2 rings (SSSR count). The van der Waals surface area contributed by atoms with Gasteiger partial charge in [-0.2, -0.15) is 0 Å². The van der Waals surface area contributed by atoms with E-state index in [0.717, 1.165) is 6.26 Å². The van der Waals surface area contributed by atoms with Gasteiger partial charge in [0, 0.05) is 6.54 Å². The number of hydrogen-bond donors (Lipinski definition) is 0. The van der Waals surface area contributed by atoms with Crippen molar-refractivity contribution < 1.29 is 22.6 Å². The van der Waals surface area contributed by atoms with Gasteiger partial charge in [0.15, 0.2) is 0 Å². The number of rotatable bonds is 6. The molecule has 0 bridgehead atoms. The van der Waals surface area contributed by atoms with Gasteiger partial charge < -0.3 is 14.2 Å². The molecule has 2 aromatic rings. The van der Waals surface area contributed by atoms with Crippen LogP contribution >= 0.6 is 0 Å². The molecule has 114 valence electrons. The van der Waals surface area contributed by atoms with E-state index < -0.39 is 14.9 Å². The number of nitrogens with zero attached hydrogens (tertiary/aromatic N) is 2. The first-order valence-electron chi connectivity index (χ1n) is 6.22. The lowest BCUT2D eigenvalue weighted by molar-refractivity contribution is -0.823. The van der Waals surface area contributed by atoms with Crippen LogP contribution in [0.4, 0.5) is 0 Å². The molecule has 0 N–H and O–H groups in total. The van der Waals surface area contributed by atoms with Crippen molar-refractivity contribution in [3.8, 4) is 5.75 Å². The smallest absolute Gasteiger partial charge is 0.405 e. The molecule has 0 aliphatic rings. The molecular formula is C13H16N2O5S. The number of hydrogen-bond acceptors (Lipinski definition) is 6. The van der Waals surface area contributed by atoms with E-state index in [9.17, 15) is 13.6 Å². The van der Waals surface area contributed by atoms with Gasteiger partial charge in [-0.05, 0) is 26.2 Å². The maximum absolute atomic E-state index is 12.5. The summed E-state index contributed by atoms with van der Waals surface area (Å²) in [5.74, 6) is -0.0873. The Kier molecular flexibility index (Phi) is 4.49. The molecule has 0 unspecified atom stereocenters. The molecule has 0 amide bonds. The lowest BCUT2D eigenvalue weighted by Crippen LogP contribution is -2.31. The van der Waals surface area contributed by atoms with Crippen molar-refractivity contribution >= 4 is 9.84 Å². The van der Waals surface area contributed by atoms with E-state index in [1.807, 2.05) is 19.0 Å². The van der Waals surface area contributed by atoms with E-state index in [1.165, 1.54) is 12.1 Å². The Bertz CT molecular complexity index is 695. The molecule has 0 atom stereocenters. The fraction of sp³-hybridized carbons (Fsp3) is 0.308. The Morgan fingerprint density at radius 1 is 1.29 bits per heavy atom. The SMILES string of the molecule is CN(C)CCOc1co[n+]([O-])c1S(=O)(=O)c1ccccc1. The summed E-state index contributed by atoms with van der Waals surface area (Å²) < 4.78 is 34.9. The van der Waals surface area contributed by atoms with Crippen molar-refractivity contribution in [1.82, 2.24) is 4.90 Å². The molecule has 0 aliphatic heterocycles. The molecule has 0 saturated carbocycles. The fourth-order valence-corrected chi connectivity index (χ4v) is 3.01. The zero-order valence-electron chi connectivity index (χ0n) is 11.7. The first-order valence-corrected chi connectivity index (χ1v) is 7.70. The van der Waals surface area contributed by atoms with Crippen LogP contribution in [0.25, 0.3) is 0 Å². The van der Waals surface area contributed by atoms with Crippen LogP contribution < -0.4 is 9.64 Å². The van der Waals surface area contributed by atoms with Gasteiger partial charge in [0.25, 0.3) is 9.84 Å². The number of likely N-dealkylation sites (N-methyl/N-ethyl adjacent to an activating group) is 1. The summed E-state index contributed by atoms with van der Waals surface area (Å²) in [5, 5.41) is 11.1. The van der Waals surface area contributed by atoms with Gasteiger partial charge in [-0.1, -0.05) is 18.2 Å². The maximum atomic E-state index is 12.5. The minimum Gasteiger partial charge on any atom is -0.484 e. The molecule has 0 fully saturated rings. The van der Waals surface area contributed by atoms with Crippen molar-refractivity contribution in [1.29, 1.82) is 0 Å². The zero-order valence-corrected chi connectivity index (χ0v) is 12.5. The summed E-state index contributed by atoms with van der Waals surface area (Å²) in [5.41, 5.74) is 0. The van der Waals surface area contributed by atoms with Gasteiger partial charge in [-0.3, -0.25) is 5.21 Å². The monoisotopic (exact) mass is 312 g/mol. The van der Waals surface area contributed by atoms with Gasteiger partial charge >= 0.3 is 5.03 Å². The van der Waals surface area contributed by atoms with Crippen LogP contribution in [0.1, 0.15) is 0 Å². The van der Waals surface area contributed by atoms with Gasteiger partial charge in [0.05, 0.1) is 16.1 Å². The highest BCUT2D eigenvalue weighted by molar-refractivity contribution is 7.91. The van der Waals surface area contributed by atoms with Gasteiger partial charge in [0.1, 0.15) is 6.61 Å².